The second-order valence-corrected chi connectivity index (χ2v) is 6.76. The Hall–Kier alpha value is -2.57. The van der Waals surface area contributed by atoms with Crippen LogP contribution in [-0.4, -0.2) is 52.2 Å². The van der Waals surface area contributed by atoms with E-state index in [2.05, 4.69) is 5.32 Å². The largest absolute Gasteiger partial charge is 0.480 e. The molecular weight excluding hydrogens is 312 g/mol. The van der Waals surface area contributed by atoms with Crippen molar-refractivity contribution < 1.29 is 24.2 Å². The number of carbonyl (C=O) groups excluding carboxylic acids is 2. The summed E-state index contributed by atoms with van der Waals surface area (Å²) in [6, 6.07) is 7.19. The summed E-state index contributed by atoms with van der Waals surface area (Å²) in [6.45, 7) is 5.24. The van der Waals surface area contributed by atoms with E-state index in [9.17, 15) is 19.5 Å². The third-order valence-electron chi connectivity index (χ3n) is 3.59. The van der Waals surface area contributed by atoms with Crippen molar-refractivity contribution >= 4 is 18.0 Å². The Morgan fingerprint density at radius 1 is 1.21 bits per heavy atom. The molecule has 0 unspecified atom stereocenters. The topological polar surface area (TPSA) is 95.9 Å². The van der Waals surface area contributed by atoms with Gasteiger partial charge in [0.05, 0.1) is 0 Å². The maximum absolute atomic E-state index is 12.2. The van der Waals surface area contributed by atoms with Crippen molar-refractivity contribution in [2.75, 3.05) is 6.54 Å². The normalized spacial score (nSPS) is 20.5. The molecule has 1 aromatic carbocycles. The number of ether oxygens (including phenoxy) is 1. The van der Waals surface area contributed by atoms with E-state index in [0.717, 1.165) is 4.90 Å². The van der Waals surface area contributed by atoms with Crippen LogP contribution >= 0.6 is 0 Å². The van der Waals surface area contributed by atoms with E-state index < -0.39 is 29.7 Å². The lowest BCUT2D eigenvalue weighted by molar-refractivity contribution is -0.142. The molecule has 0 aliphatic carbocycles. The fourth-order valence-corrected chi connectivity index (χ4v) is 2.56. The molecule has 1 heterocycles. The molecule has 2 amide bonds. The van der Waals surface area contributed by atoms with Gasteiger partial charge in [0.1, 0.15) is 11.6 Å². The highest BCUT2D eigenvalue weighted by Gasteiger charge is 2.42. The molecule has 2 N–H and O–H groups in total. The minimum absolute atomic E-state index is 0.102. The summed E-state index contributed by atoms with van der Waals surface area (Å²) < 4.78 is 5.25. The standard InChI is InChI=1S/C17H22N2O5/c1-17(2,3)24-16(23)19-10-12(9-13(19)15(21)22)18-14(20)11-7-5-4-6-8-11/h4-8,12-13H,9-10H2,1-3H3,(H,18,20)(H,21,22)/t12-,13+/m0/s1. The second kappa shape index (κ2) is 6.90. The van der Waals surface area contributed by atoms with Gasteiger partial charge in [-0.3, -0.25) is 9.69 Å². The molecule has 1 aliphatic heterocycles. The van der Waals surface area contributed by atoms with Crippen molar-refractivity contribution in [3.05, 3.63) is 35.9 Å². The monoisotopic (exact) mass is 334 g/mol. The molecule has 0 saturated carbocycles. The average Bonchev–Trinajstić information content (AvgIpc) is 2.90. The summed E-state index contributed by atoms with van der Waals surface area (Å²) in [6.07, 6.45) is -0.543. The van der Waals surface area contributed by atoms with Crippen molar-refractivity contribution in [1.82, 2.24) is 10.2 Å². The number of amides is 2. The van der Waals surface area contributed by atoms with E-state index in [1.807, 2.05) is 0 Å². The van der Waals surface area contributed by atoms with Crippen LogP contribution in [0.3, 0.4) is 0 Å². The van der Waals surface area contributed by atoms with Crippen molar-refractivity contribution in [1.29, 1.82) is 0 Å². The van der Waals surface area contributed by atoms with E-state index in [4.69, 9.17) is 4.74 Å². The molecule has 1 aromatic rings. The number of hydrogen-bond donors (Lipinski definition) is 2. The van der Waals surface area contributed by atoms with Crippen LogP contribution < -0.4 is 5.32 Å². The molecule has 1 saturated heterocycles. The van der Waals surface area contributed by atoms with Crippen LogP contribution in [0.1, 0.15) is 37.6 Å². The molecule has 130 valence electrons. The van der Waals surface area contributed by atoms with Crippen LogP contribution in [0.5, 0.6) is 0 Å². The quantitative estimate of drug-likeness (QED) is 0.880. The van der Waals surface area contributed by atoms with Crippen LogP contribution in [-0.2, 0) is 9.53 Å². The van der Waals surface area contributed by atoms with Gasteiger partial charge in [0.2, 0.25) is 0 Å². The minimum Gasteiger partial charge on any atom is -0.480 e. The van der Waals surface area contributed by atoms with Crippen molar-refractivity contribution in [2.24, 2.45) is 0 Å². The highest BCUT2D eigenvalue weighted by atomic mass is 16.6. The molecule has 0 aromatic heterocycles. The third kappa shape index (κ3) is 4.47. The zero-order valence-electron chi connectivity index (χ0n) is 14.0. The van der Waals surface area contributed by atoms with Gasteiger partial charge >= 0.3 is 12.1 Å². The SMILES string of the molecule is CC(C)(C)OC(=O)N1C[C@@H](NC(=O)c2ccccc2)C[C@@H]1C(=O)O. The third-order valence-corrected chi connectivity index (χ3v) is 3.59. The number of rotatable bonds is 3. The van der Waals surface area contributed by atoms with Crippen LogP contribution in [0.15, 0.2) is 30.3 Å². The molecule has 7 heteroatoms. The first-order valence-electron chi connectivity index (χ1n) is 7.76. The van der Waals surface area contributed by atoms with E-state index in [-0.39, 0.29) is 18.9 Å². The molecule has 0 radical (unpaired) electrons. The van der Waals surface area contributed by atoms with E-state index in [1.165, 1.54) is 0 Å². The molecule has 1 aliphatic rings. The molecule has 1 fully saturated rings. The maximum Gasteiger partial charge on any atom is 0.411 e. The lowest BCUT2D eigenvalue weighted by Gasteiger charge is -2.26. The summed E-state index contributed by atoms with van der Waals surface area (Å²) >= 11 is 0. The van der Waals surface area contributed by atoms with Gasteiger partial charge in [0.15, 0.2) is 0 Å². The molecule has 2 atom stereocenters. The van der Waals surface area contributed by atoms with E-state index >= 15 is 0 Å². The Kier molecular flexibility index (Phi) is 5.11. The van der Waals surface area contributed by atoms with Gasteiger partial charge in [-0.2, -0.15) is 0 Å². The number of carboxylic acids is 1. The van der Waals surface area contributed by atoms with Gasteiger partial charge < -0.3 is 15.2 Å². The Labute approximate surface area is 140 Å². The van der Waals surface area contributed by atoms with Crippen molar-refractivity contribution in [2.45, 2.75) is 44.9 Å². The molecular formula is C17H22N2O5. The lowest BCUT2D eigenvalue weighted by Crippen LogP contribution is -2.44. The maximum atomic E-state index is 12.2. The highest BCUT2D eigenvalue weighted by molar-refractivity contribution is 5.94. The Morgan fingerprint density at radius 3 is 2.38 bits per heavy atom. The smallest absolute Gasteiger partial charge is 0.411 e. The highest BCUT2D eigenvalue weighted by Crippen LogP contribution is 2.22. The molecule has 24 heavy (non-hydrogen) atoms. The molecule has 7 nitrogen and oxygen atoms in total. The predicted molar refractivity (Wildman–Crippen MR) is 86.7 cm³/mol. The van der Waals surface area contributed by atoms with Gasteiger partial charge in [0, 0.05) is 24.6 Å². The molecule has 0 bridgehead atoms. The fraction of sp³-hybridized carbons (Fsp3) is 0.471. The summed E-state index contributed by atoms with van der Waals surface area (Å²) in [4.78, 5) is 37.0. The van der Waals surface area contributed by atoms with Gasteiger partial charge in [-0.25, -0.2) is 9.59 Å². The average molecular weight is 334 g/mol. The Balaban J connectivity index is 2.05. The van der Waals surface area contributed by atoms with Crippen molar-refractivity contribution in [3.63, 3.8) is 0 Å². The van der Waals surface area contributed by atoms with E-state index in [1.54, 1.807) is 51.1 Å². The Bertz CT molecular complexity index is 624. The summed E-state index contributed by atoms with van der Waals surface area (Å²) in [5.74, 6) is -1.41. The van der Waals surface area contributed by atoms with Crippen LogP contribution in [0.4, 0.5) is 4.79 Å². The number of carboxylic acid groups (broad SMARTS) is 1. The predicted octanol–water partition coefficient (Wildman–Crippen LogP) is 1.88. The number of carbonyl (C=O) groups is 3. The number of likely N-dealkylation sites (tertiary alicyclic amines) is 1. The zero-order valence-corrected chi connectivity index (χ0v) is 14.0. The number of nitrogens with one attached hydrogen (secondary N) is 1. The Morgan fingerprint density at radius 2 is 1.83 bits per heavy atom. The second-order valence-electron chi connectivity index (χ2n) is 6.76. The van der Waals surface area contributed by atoms with Crippen LogP contribution in [0.2, 0.25) is 0 Å². The minimum atomic E-state index is -1.11. The summed E-state index contributed by atoms with van der Waals surface area (Å²) in [5, 5.41) is 12.1. The zero-order chi connectivity index (χ0) is 17.9. The first-order chi connectivity index (χ1) is 11.2. The first kappa shape index (κ1) is 17.8. The molecule has 2 rings (SSSR count). The number of benzene rings is 1. The molecule has 0 spiro atoms. The van der Waals surface area contributed by atoms with Crippen molar-refractivity contribution in [3.8, 4) is 0 Å². The van der Waals surface area contributed by atoms with Gasteiger partial charge in [-0.15, -0.1) is 0 Å². The fourth-order valence-electron chi connectivity index (χ4n) is 2.56. The van der Waals surface area contributed by atoms with Crippen LogP contribution in [0.25, 0.3) is 0 Å². The first-order valence-corrected chi connectivity index (χ1v) is 7.76. The summed E-state index contributed by atoms with van der Waals surface area (Å²) in [7, 11) is 0. The number of hydrogen-bond acceptors (Lipinski definition) is 4. The van der Waals surface area contributed by atoms with Gasteiger partial charge in [0.25, 0.3) is 5.91 Å². The number of nitrogens with zero attached hydrogens (tertiary/aromatic N) is 1. The number of aliphatic carboxylic acids is 1. The van der Waals surface area contributed by atoms with E-state index in [0.29, 0.717) is 5.56 Å². The summed E-state index contributed by atoms with van der Waals surface area (Å²) in [5.41, 5.74) is -0.231. The van der Waals surface area contributed by atoms with Gasteiger partial charge in [-0.05, 0) is 32.9 Å². The lowest BCUT2D eigenvalue weighted by atomic mass is 10.1. The van der Waals surface area contributed by atoms with Crippen LogP contribution in [0, 0.1) is 0 Å². The van der Waals surface area contributed by atoms with Gasteiger partial charge in [-0.1, -0.05) is 18.2 Å².